The van der Waals surface area contributed by atoms with Crippen molar-refractivity contribution in [3.05, 3.63) is 52.5 Å². The van der Waals surface area contributed by atoms with Crippen molar-refractivity contribution in [1.82, 2.24) is 0 Å². The number of halogens is 1. The molecule has 19 heavy (non-hydrogen) atoms. The molecular weight excluding hydrogens is 304 g/mol. The van der Waals surface area contributed by atoms with E-state index in [1.165, 1.54) is 0 Å². The van der Waals surface area contributed by atoms with Crippen molar-refractivity contribution in [3.8, 4) is 5.75 Å². The molecule has 0 saturated heterocycles. The number of aliphatic hydroxyl groups is 1. The molecule has 0 aliphatic heterocycles. The van der Waals surface area contributed by atoms with E-state index in [9.17, 15) is 5.11 Å². The van der Waals surface area contributed by atoms with Gasteiger partial charge in [-0.15, -0.1) is 6.58 Å². The van der Waals surface area contributed by atoms with Crippen LogP contribution in [0.1, 0.15) is 25.0 Å². The van der Waals surface area contributed by atoms with Crippen molar-refractivity contribution in [1.29, 1.82) is 0 Å². The smallest absolute Gasteiger partial charge is 0.119 e. The zero-order valence-electron chi connectivity index (χ0n) is 11.1. The summed E-state index contributed by atoms with van der Waals surface area (Å²) in [6, 6.07) is 9.84. The van der Waals surface area contributed by atoms with Gasteiger partial charge in [-0.1, -0.05) is 17.7 Å². The zero-order chi connectivity index (χ0) is 14.0. The van der Waals surface area contributed by atoms with Crippen molar-refractivity contribution in [2.24, 2.45) is 0 Å². The molecule has 100 valence electrons. The Morgan fingerprint density at radius 3 is 2.74 bits per heavy atom. The van der Waals surface area contributed by atoms with E-state index in [1.54, 1.807) is 7.11 Å². The Bertz CT molecular complexity index is 619. The van der Waals surface area contributed by atoms with Gasteiger partial charge in [0.05, 0.1) is 13.2 Å². The number of hydrogen-bond donors (Lipinski definition) is 1. The number of aliphatic hydroxyl groups excluding tert-OH is 1. The molecule has 0 heterocycles. The van der Waals surface area contributed by atoms with E-state index < -0.39 is 6.10 Å². The molecule has 2 aromatic rings. The molecule has 2 rings (SSSR count). The lowest BCUT2D eigenvalue weighted by atomic mass is 9.99. The molecule has 0 fully saturated rings. The van der Waals surface area contributed by atoms with Crippen LogP contribution < -0.4 is 4.74 Å². The first-order valence-corrected chi connectivity index (χ1v) is 6.91. The third kappa shape index (κ3) is 2.99. The standard InChI is InChI=1S/C16H17BrO2/c1-10(2)8-15(18)14-6-4-11-9-12(19-3)5-7-13(11)16(14)17/h4-7,9,15,18H,1,8H2,2-3H3. The molecular formula is C16H17BrO2. The molecule has 0 aliphatic carbocycles. The van der Waals surface area contributed by atoms with Crippen molar-refractivity contribution < 1.29 is 9.84 Å². The maximum atomic E-state index is 10.2. The normalized spacial score (nSPS) is 12.4. The first-order valence-electron chi connectivity index (χ1n) is 6.11. The van der Waals surface area contributed by atoms with E-state index >= 15 is 0 Å². The van der Waals surface area contributed by atoms with E-state index in [1.807, 2.05) is 37.3 Å². The predicted molar refractivity (Wildman–Crippen MR) is 82.6 cm³/mol. The summed E-state index contributed by atoms with van der Waals surface area (Å²) in [5, 5.41) is 12.4. The second-order valence-corrected chi connectivity index (χ2v) is 5.53. The Hall–Kier alpha value is -1.32. The summed E-state index contributed by atoms with van der Waals surface area (Å²) < 4.78 is 6.15. The van der Waals surface area contributed by atoms with Gasteiger partial charge in [-0.05, 0) is 63.8 Å². The molecule has 0 spiro atoms. The number of ether oxygens (including phenoxy) is 1. The summed E-state index contributed by atoms with van der Waals surface area (Å²) in [6.07, 6.45) is 0.0404. The highest BCUT2D eigenvalue weighted by molar-refractivity contribution is 9.10. The Morgan fingerprint density at radius 1 is 1.37 bits per heavy atom. The predicted octanol–water partition coefficient (Wildman–Crippen LogP) is 4.61. The molecule has 0 amide bonds. The van der Waals surface area contributed by atoms with Crippen LogP contribution in [0.5, 0.6) is 5.75 Å². The SMILES string of the molecule is C=C(C)CC(O)c1ccc2cc(OC)ccc2c1Br. The Morgan fingerprint density at radius 2 is 2.11 bits per heavy atom. The van der Waals surface area contributed by atoms with E-state index in [0.717, 1.165) is 32.1 Å². The molecule has 0 bridgehead atoms. The van der Waals surface area contributed by atoms with Gasteiger partial charge in [-0.3, -0.25) is 0 Å². The van der Waals surface area contributed by atoms with Crippen molar-refractivity contribution in [2.75, 3.05) is 7.11 Å². The van der Waals surface area contributed by atoms with Crippen LogP contribution in [0.2, 0.25) is 0 Å². The lowest BCUT2D eigenvalue weighted by molar-refractivity contribution is 0.178. The van der Waals surface area contributed by atoms with Crippen molar-refractivity contribution >= 4 is 26.7 Å². The summed E-state index contributed by atoms with van der Waals surface area (Å²) in [7, 11) is 1.65. The quantitative estimate of drug-likeness (QED) is 0.833. The molecule has 0 radical (unpaired) electrons. The summed E-state index contributed by atoms with van der Waals surface area (Å²) >= 11 is 3.59. The highest BCUT2D eigenvalue weighted by atomic mass is 79.9. The number of benzene rings is 2. The highest BCUT2D eigenvalue weighted by Gasteiger charge is 2.13. The van der Waals surface area contributed by atoms with E-state index in [0.29, 0.717) is 6.42 Å². The third-order valence-corrected chi connectivity index (χ3v) is 3.98. The van der Waals surface area contributed by atoms with Gasteiger partial charge in [0.15, 0.2) is 0 Å². The van der Waals surface area contributed by atoms with Gasteiger partial charge in [0.25, 0.3) is 0 Å². The lowest BCUT2D eigenvalue weighted by Crippen LogP contribution is -1.99. The lowest BCUT2D eigenvalue weighted by Gasteiger charge is -2.15. The minimum Gasteiger partial charge on any atom is -0.497 e. The molecule has 3 heteroatoms. The van der Waals surface area contributed by atoms with Gasteiger partial charge < -0.3 is 9.84 Å². The largest absolute Gasteiger partial charge is 0.497 e. The van der Waals surface area contributed by atoms with Gasteiger partial charge in [-0.25, -0.2) is 0 Å². The molecule has 0 saturated carbocycles. The fourth-order valence-electron chi connectivity index (χ4n) is 2.11. The van der Waals surface area contributed by atoms with Crippen LogP contribution in [0, 0.1) is 0 Å². The average molecular weight is 321 g/mol. The topological polar surface area (TPSA) is 29.5 Å². The van der Waals surface area contributed by atoms with Crippen LogP contribution in [0.15, 0.2) is 47.0 Å². The second-order valence-electron chi connectivity index (χ2n) is 4.73. The summed E-state index contributed by atoms with van der Waals surface area (Å²) in [5.74, 6) is 0.828. The Balaban J connectivity index is 2.48. The summed E-state index contributed by atoms with van der Waals surface area (Å²) in [6.45, 7) is 5.76. The first-order chi connectivity index (χ1) is 9.02. The molecule has 2 nitrogen and oxygen atoms in total. The Kier molecular flexibility index (Phi) is 4.27. The van der Waals surface area contributed by atoms with Gasteiger partial charge in [-0.2, -0.15) is 0 Å². The summed E-state index contributed by atoms with van der Waals surface area (Å²) in [4.78, 5) is 0. The molecule has 1 unspecified atom stereocenters. The van der Waals surface area contributed by atoms with E-state index in [4.69, 9.17) is 4.74 Å². The fourth-order valence-corrected chi connectivity index (χ4v) is 2.87. The second kappa shape index (κ2) is 5.76. The van der Waals surface area contributed by atoms with Crippen molar-refractivity contribution in [2.45, 2.75) is 19.4 Å². The van der Waals surface area contributed by atoms with Gasteiger partial charge in [0.1, 0.15) is 5.75 Å². The summed E-state index contributed by atoms with van der Waals surface area (Å²) in [5.41, 5.74) is 1.86. The Labute approximate surface area is 121 Å². The molecule has 2 aromatic carbocycles. The molecule has 1 N–H and O–H groups in total. The van der Waals surface area contributed by atoms with Gasteiger partial charge in [0, 0.05) is 4.47 Å². The highest BCUT2D eigenvalue weighted by Crippen LogP contribution is 2.34. The van der Waals surface area contributed by atoms with Crippen LogP contribution >= 0.6 is 15.9 Å². The van der Waals surface area contributed by atoms with Crippen LogP contribution in [-0.2, 0) is 0 Å². The fraction of sp³-hybridized carbons (Fsp3) is 0.250. The number of rotatable bonds is 4. The first kappa shape index (κ1) is 14.1. The monoisotopic (exact) mass is 320 g/mol. The number of fused-ring (bicyclic) bond motifs is 1. The van der Waals surface area contributed by atoms with E-state index in [2.05, 4.69) is 22.5 Å². The molecule has 1 atom stereocenters. The van der Waals surface area contributed by atoms with Gasteiger partial charge >= 0.3 is 0 Å². The third-order valence-electron chi connectivity index (χ3n) is 3.09. The van der Waals surface area contributed by atoms with Crippen molar-refractivity contribution in [3.63, 3.8) is 0 Å². The molecule has 0 aromatic heterocycles. The minimum atomic E-state index is -0.529. The van der Waals surface area contributed by atoms with Crippen LogP contribution in [0.4, 0.5) is 0 Å². The van der Waals surface area contributed by atoms with Gasteiger partial charge in [0.2, 0.25) is 0 Å². The maximum Gasteiger partial charge on any atom is 0.119 e. The molecule has 0 aliphatic rings. The average Bonchev–Trinajstić information content (AvgIpc) is 2.37. The maximum absolute atomic E-state index is 10.2. The number of hydrogen-bond acceptors (Lipinski definition) is 2. The van der Waals surface area contributed by atoms with Crippen LogP contribution in [0.25, 0.3) is 10.8 Å². The van der Waals surface area contributed by atoms with E-state index in [-0.39, 0.29) is 0 Å². The minimum absolute atomic E-state index is 0.529. The zero-order valence-corrected chi connectivity index (χ0v) is 12.7. The van der Waals surface area contributed by atoms with Crippen LogP contribution in [-0.4, -0.2) is 12.2 Å². The van der Waals surface area contributed by atoms with Crippen LogP contribution in [0.3, 0.4) is 0 Å². The number of methoxy groups -OCH3 is 1.